The summed E-state index contributed by atoms with van der Waals surface area (Å²) in [6.07, 6.45) is 0. The first-order valence-electron chi connectivity index (χ1n) is 10.6. The minimum atomic E-state index is -0.338. The Hall–Kier alpha value is -3.65. The van der Waals surface area contributed by atoms with E-state index in [0.29, 0.717) is 16.5 Å². The second-order valence-electron chi connectivity index (χ2n) is 7.82. The number of aromatic nitrogens is 3. The lowest BCUT2D eigenvalue weighted by atomic mass is 10.1. The van der Waals surface area contributed by atoms with Gasteiger partial charge in [0.15, 0.2) is 11.0 Å². The second kappa shape index (κ2) is 9.87. The quantitative estimate of drug-likeness (QED) is 0.397. The average Bonchev–Trinajstić information content (AvgIpc) is 3.18. The van der Waals surface area contributed by atoms with Crippen molar-refractivity contribution in [2.45, 2.75) is 25.0 Å². The molecule has 0 radical (unpaired) electrons. The van der Waals surface area contributed by atoms with Crippen LogP contribution in [0, 0.1) is 6.92 Å². The molecule has 0 aliphatic heterocycles. The van der Waals surface area contributed by atoms with Crippen LogP contribution >= 0.6 is 11.8 Å². The molecule has 33 heavy (non-hydrogen) atoms. The highest BCUT2D eigenvalue weighted by atomic mass is 32.2. The van der Waals surface area contributed by atoms with Crippen LogP contribution in [-0.2, 0) is 11.8 Å². The lowest BCUT2D eigenvalue weighted by Gasteiger charge is -2.14. The van der Waals surface area contributed by atoms with E-state index in [1.54, 1.807) is 16.7 Å². The normalized spacial score (nSPS) is 11.8. The van der Waals surface area contributed by atoms with E-state index in [1.165, 1.54) is 11.8 Å². The number of benzene rings is 3. The number of nitrogens with one attached hydrogen (secondary N) is 2. The third kappa shape index (κ3) is 5.23. The SMILES string of the molecule is Cc1ccc(C(=O)N[C@@H](C)c2nnc(SCC(=O)Nc3cccc4ccccc34)n2C)cc1. The summed E-state index contributed by atoms with van der Waals surface area (Å²) in [5, 5.41) is 17.0. The summed E-state index contributed by atoms with van der Waals surface area (Å²) in [5.74, 6) is 0.516. The molecule has 168 valence electrons. The highest BCUT2D eigenvalue weighted by Gasteiger charge is 2.19. The molecule has 4 rings (SSSR count). The summed E-state index contributed by atoms with van der Waals surface area (Å²) in [7, 11) is 1.83. The number of carbonyl (C=O) groups is 2. The van der Waals surface area contributed by atoms with E-state index in [9.17, 15) is 9.59 Å². The van der Waals surface area contributed by atoms with Crippen molar-refractivity contribution in [1.82, 2.24) is 20.1 Å². The Balaban J connectivity index is 1.37. The fourth-order valence-corrected chi connectivity index (χ4v) is 4.25. The molecule has 0 spiro atoms. The predicted molar refractivity (Wildman–Crippen MR) is 131 cm³/mol. The Labute approximate surface area is 196 Å². The molecule has 0 bridgehead atoms. The predicted octanol–water partition coefficient (Wildman–Crippen LogP) is 4.50. The Morgan fingerprint density at radius 1 is 1.00 bits per heavy atom. The van der Waals surface area contributed by atoms with E-state index in [1.807, 2.05) is 75.5 Å². The number of carbonyl (C=O) groups excluding carboxylic acids is 2. The molecule has 2 amide bonds. The highest BCUT2D eigenvalue weighted by molar-refractivity contribution is 7.99. The Kier molecular flexibility index (Phi) is 6.74. The molecular weight excluding hydrogens is 434 g/mol. The topological polar surface area (TPSA) is 88.9 Å². The van der Waals surface area contributed by atoms with Crippen molar-refractivity contribution in [2.75, 3.05) is 11.1 Å². The molecule has 0 aliphatic rings. The second-order valence-corrected chi connectivity index (χ2v) is 8.77. The van der Waals surface area contributed by atoms with Crippen molar-refractivity contribution in [3.05, 3.63) is 83.7 Å². The molecule has 0 saturated heterocycles. The lowest BCUT2D eigenvalue weighted by Crippen LogP contribution is -2.28. The first kappa shape index (κ1) is 22.5. The van der Waals surface area contributed by atoms with Crippen molar-refractivity contribution >= 4 is 40.0 Å². The monoisotopic (exact) mass is 459 g/mol. The smallest absolute Gasteiger partial charge is 0.251 e. The van der Waals surface area contributed by atoms with Gasteiger partial charge in [-0.25, -0.2) is 0 Å². The number of amides is 2. The fraction of sp³-hybridized carbons (Fsp3) is 0.200. The Morgan fingerprint density at radius 3 is 2.52 bits per heavy atom. The molecule has 0 aliphatic carbocycles. The largest absolute Gasteiger partial charge is 0.342 e. The van der Waals surface area contributed by atoms with Crippen molar-refractivity contribution < 1.29 is 9.59 Å². The van der Waals surface area contributed by atoms with E-state index in [-0.39, 0.29) is 23.6 Å². The van der Waals surface area contributed by atoms with Crippen molar-refractivity contribution in [3.63, 3.8) is 0 Å². The van der Waals surface area contributed by atoms with Crippen LogP contribution in [0.15, 0.2) is 71.9 Å². The van der Waals surface area contributed by atoms with Gasteiger partial charge in [-0.3, -0.25) is 9.59 Å². The number of hydrogen-bond donors (Lipinski definition) is 2. The van der Waals surface area contributed by atoms with E-state index >= 15 is 0 Å². The van der Waals surface area contributed by atoms with Crippen LogP contribution in [0.3, 0.4) is 0 Å². The van der Waals surface area contributed by atoms with Crippen LogP contribution in [0.4, 0.5) is 5.69 Å². The van der Waals surface area contributed by atoms with Crippen LogP contribution in [0.2, 0.25) is 0 Å². The number of aryl methyl sites for hydroxylation is 1. The highest BCUT2D eigenvalue weighted by Crippen LogP contribution is 2.24. The van der Waals surface area contributed by atoms with Gasteiger partial charge in [-0.1, -0.05) is 65.9 Å². The maximum Gasteiger partial charge on any atom is 0.251 e. The third-order valence-electron chi connectivity index (χ3n) is 5.31. The molecule has 1 heterocycles. The van der Waals surface area contributed by atoms with E-state index < -0.39 is 0 Å². The van der Waals surface area contributed by atoms with Crippen molar-refractivity contribution in [3.8, 4) is 0 Å². The number of hydrogen-bond acceptors (Lipinski definition) is 5. The summed E-state index contributed by atoms with van der Waals surface area (Å²) < 4.78 is 1.80. The molecule has 0 unspecified atom stereocenters. The number of anilines is 1. The standard InChI is InChI=1S/C25H25N5O2S/c1-16-11-13-19(14-12-16)24(32)26-17(2)23-28-29-25(30(23)3)33-15-22(31)27-21-10-6-8-18-7-4-5-9-20(18)21/h4-14,17H,15H2,1-3H3,(H,26,32)(H,27,31)/t17-/m0/s1. The van der Waals surface area contributed by atoms with Gasteiger partial charge in [-0.15, -0.1) is 10.2 Å². The minimum Gasteiger partial charge on any atom is -0.342 e. The molecule has 1 atom stereocenters. The molecule has 4 aromatic rings. The van der Waals surface area contributed by atoms with E-state index in [2.05, 4.69) is 20.8 Å². The molecule has 0 fully saturated rings. The lowest BCUT2D eigenvalue weighted by molar-refractivity contribution is -0.113. The van der Waals surface area contributed by atoms with Gasteiger partial charge in [0.25, 0.3) is 5.91 Å². The van der Waals surface area contributed by atoms with Crippen LogP contribution in [0.5, 0.6) is 0 Å². The molecular formula is C25H25N5O2S. The van der Waals surface area contributed by atoms with Crippen LogP contribution in [0.1, 0.15) is 34.7 Å². The summed E-state index contributed by atoms with van der Waals surface area (Å²) in [4.78, 5) is 25.1. The first-order valence-corrected chi connectivity index (χ1v) is 11.6. The van der Waals surface area contributed by atoms with Gasteiger partial charge in [0, 0.05) is 23.7 Å². The first-order chi connectivity index (χ1) is 15.9. The van der Waals surface area contributed by atoms with Gasteiger partial charge in [-0.2, -0.15) is 0 Å². The van der Waals surface area contributed by atoms with Crippen molar-refractivity contribution in [1.29, 1.82) is 0 Å². The summed E-state index contributed by atoms with van der Waals surface area (Å²) in [5.41, 5.74) is 2.47. The van der Waals surface area contributed by atoms with Gasteiger partial charge in [0.05, 0.1) is 11.8 Å². The third-order valence-corrected chi connectivity index (χ3v) is 6.33. The number of rotatable bonds is 7. The maximum absolute atomic E-state index is 12.6. The molecule has 7 nitrogen and oxygen atoms in total. The zero-order valence-electron chi connectivity index (χ0n) is 18.7. The summed E-state index contributed by atoms with van der Waals surface area (Å²) >= 11 is 1.30. The molecule has 0 saturated carbocycles. The number of fused-ring (bicyclic) bond motifs is 1. The molecule has 8 heteroatoms. The van der Waals surface area contributed by atoms with Crippen LogP contribution in [-0.4, -0.2) is 32.3 Å². The van der Waals surface area contributed by atoms with E-state index in [4.69, 9.17) is 0 Å². The fourth-order valence-electron chi connectivity index (χ4n) is 3.53. The zero-order chi connectivity index (χ0) is 23.4. The average molecular weight is 460 g/mol. The van der Waals surface area contributed by atoms with Gasteiger partial charge in [0.2, 0.25) is 5.91 Å². The van der Waals surface area contributed by atoms with Crippen LogP contribution < -0.4 is 10.6 Å². The number of nitrogens with zero attached hydrogens (tertiary/aromatic N) is 3. The minimum absolute atomic E-state index is 0.123. The Bertz CT molecular complexity index is 1290. The molecule has 3 aromatic carbocycles. The van der Waals surface area contributed by atoms with Gasteiger partial charge in [0.1, 0.15) is 0 Å². The maximum atomic E-state index is 12.6. The van der Waals surface area contributed by atoms with Crippen LogP contribution in [0.25, 0.3) is 10.8 Å². The zero-order valence-corrected chi connectivity index (χ0v) is 19.5. The van der Waals surface area contributed by atoms with Gasteiger partial charge >= 0.3 is 0 Å². The summed E-state index contributed by atoms with van der Waals surface area (Å²) in [6.45, 7) is 3.84. The van der Waals surface area contributed by atoms with Gasteiger partial charge in [-0.05, 0) is 37.4 Å². The summed E-state index contributed by atoms with van der Waals surface area (Å²) in [6, 6.07) is 20.8. The molecule has 2 N–H and O–H groups in total. The number of thioether (sulfide) groups is 1. The Morgan fingerprint density at radius 2 is 1.73 bits per heavy atom. The molecule has 1 aromatic heterocycles. The van der Waals surface area contributed by atoms with Gasteiger partial charge < -0.3 is 15.2 Å². The van der Waals surface area contributed by atoms with E-state index in [0.717, 1.165) is 22.0 Å². The van der Waals surface area contributed by atoms with Crippen molar-refractivity contribution in [2.24, 2.45) is 7.05 Å².